The van der Waals surface area contributed by atoms with Gasteiger partial charge in [0, 0.05) is 5.56 Å². The molecule has 0 amide bonds. The molecule has 0 atom stereocenters. The highest BCUT2D eigenvalue weighted by Gasteiger charge is 2.20. The number of sulfone groups is 1. The molecule has 21 heavy (non-hydrogen) atoms. The average molecular weight is 303 g/mol. The SMILES string of the molecule is Cc1ccc(S(=O)(=O)Cc2cc(C#N)ccc2F)c(C)c1. The number of hydrogen-bond acceptors (Lipinski definition) is 3. The normalized spacial score (nSPS) is 11.1. The number of aryl methyl sites for hydroxylation is 2. The van der Waals surface area contributed by atoms with Crippen molar-refractivity contribution in [2.75, 3.05) is 0 Å². The molecule has 0 N–H and O–H groups in total. The molecule has 2 aromatic rings. The van der Waals surface area contributed by atoms with Gasteiger partial charge in [-0.2, -0.15) is 5.26 Å². The molecule has 2 aromatic carbocycles. The number of rotatable bonds is 3. The Hall–Kier alpha value is -2.19. The lowest BCUT2D eigenvalue weighted by atomic mass is 10.1. The zero-order valence-corrected chi connectivity index (χ0v) is 12.5. The van der Waals surface area contributed by atoms with Gasteiger partial charge < -0.3 is 0 Å². The van der Waals surface area contributed by atoms with Crippen LogP contribution in [0.5, 0.6) is 0 Å². The van der Waals surface area contributed by atoms with E-state index in [0.717, 1.165) is 11.6 Å². The highest BCUT2D eigenvalue weighted by atomic mass is 32.2. The van der Waals surface area contributed by atoms with E-state index < -0.39 is 21.4 Å². The predicted octanol–water partition coefficient (Wildman–Crippen LogP) is 3.29. The van der Waals surface area contributed by atoms with E-state index >= 15 is 0 Å². The molecule has 0 saturated carbocycles. The van der Waals surface area contributed by atoms with Gasteiger partial charge in [-0.25, -0.2) is 12.8 Å². The van der Waals surface area contributed by atoms with E-state index in [1.807, 2.05) is 13.0 Å². The zero-order chi connectivity index (χ0) is 15.6. The van der Waals surface area contributed by atoms with Crippen LogP contribution in [0.2, 0.25) is 0 Å². The molecule has 0 aliphatic carbocycles. The van der Waals surface area contributed by atoms with Gasteiger partial charge in [0.15, 0.2) is 9.84 Å². The molecule has 0 heterocycles. The minimum atomic E-state index is -3.66. The van der Waals surface area contributed by atoms with Gasteiger partial charge in [0.1, 0.15) is 5.82 Å². The summed E-state index contributed by atoms with van der Waals surface area (Å²) in [7, 11) is -3.66. The summed E-state index contributed by atoms with van der Waals surface area (Å²) >= 11 is 0. The summed E-state index contributed by atoms with van der Waals surface area (Å²) in [6.07, 6.45) is 0. The lowest BCUT2D eigenvalue weighted by molar-refractivity contribution is 0.586. The number of hydrogen-bond donors (Lipinski definition) is 0. The molecule has 0 fully saturated rings. The van der Waals surface area contributed by atoms with Crippen molar-refractivity contribution in [1.82, 2.24) is 0 Å². The molecule has 0 aliphatic rings. The first kappa shape index (κ1) is 15.2. The summed E-state index contributed by atoms with van der Waals surface area (Å²) in [5.74, 6) is -1.08. The van der Waals surface area contributed by atoms with Crippen LogP contribution in [0.4, 0.5) is 4.39 Å². The highest BCUT2D eigenvalue weighted by Crippen LogP contribution is 2.23. The summed E-state index contributed by atoms with van der Waals surface area (Å²) in [6, 6.07) is 10.6. The Kier molecular flexibility index (Phi) is 4.10. The smallest absolute Gasteiger partial charge is 0.182 e. The number of nitriles is 1. The van der Waals surface area contributed by atoms with Crippen molar-refractivity contribution < 1.29 is 12.8 Å². The maximum absolute atomic E-state index is 13.7. The zero-order valence-electron chi connectivity index (χ0n) is 11.7. The Labute approximate surface area is 123 Å². The van der Waals surface area contributed by atoms with Crippen LogP contribution in [0.25, 0.3) is 0 Å². The van der Waals surface area contributed by atoms with Gasteiger partial charge in [0.05, 0.1) is 22.3 Å². The Morgan fingerprint density at radius 3 is 2.48 bits per heavy atom. The summed E-state index contributed by atoms with van der Waals surface area (Å²) in [5, 5.41) is 8.82. The third-order valence-corrected chi connectivity index (χ3v) is 5.01. The molecule has 2 rings (SSSR count). The second-order valence-electron chi connectivity index (χ2n) is 4.95. The van der Waals surface area contributed by atoms with E-state index in [1.165, 1.54) is 18.2 Å². The Morgan fingerprint density at radius 2 is 1.86 bits per heavy atom. The summed E-state index contributed by atoms with van der Waals surface area (Å²) in [5.41, 5.74) is 1.84. The fourth-order valence-corrected chi connectivity index (χ4v) is 3.80. The number of halogens is 1. The van der Waals surface area contributed by atoms with Crippen molar-refractivity contribution in [2.24, 2.45) is 0 Å². The van der Waals surface area contributed by atoms with Gasteiger partial charge in [-0.1, -0.05) is 17.7 Å². The predicted molar refractivity (Wildman–Crippen MR) is 77.9 cm³/mol. The fourth-order valence-electron chi connectivity index (χ4n) is 2.19. The van der Waals surface area contributed by atoms with Gasteiger partial charge in [-0.3, -0.25) is 0 Å². The Balaban J connectivity index is 2.45. The van der Waals surface area contributed by atoms with E-state index in [2.05, 4.69) is 0 Å². The summed E-state index contributed by atoms with van der Waals surface area (Å²) in [4.78, 5) is 0.190. The van der Waals surface area contributed by atoms with E-state index in [1.54, 1.807) is 19.1 Å². The van der Waals surface area contributed by atoms with Gasteiger partial charge in [-0.05, 0) is 43.7 Å². The first-order valence-corrected chi connectivity index (χ1v) is 7.97. The molecule has 0 aliphatic heterocycles. The molecule has 0 aromatic heterocycles. The maximum atomic E-state index is 13.7. The van der Waals surface area contributed by atoms with E-state index in [9.17, 15) is 12.8 Å². The molecule has 0 bridgehead atoms. The molecule has 108 valence electrons. The largest absolute Gasteiger partial charge is 0.223 e. The average Bonchev–Trinajstić information content (AvgIpc) is 2.40. The van der Waals surface area contributed by atoms with Gasteiger partial charge in [0.25, 0.3) is 0 Å². The maximum Gasteiger partial charge on any atom is 0.182 e. The van der Waals surface area contributed by atoms with Gasteiger partial charge in [0.2, 0.25) is 0 Å². The number of benzene rings is 2. The Bertz CT molecular complexity index is 836. The van der Waals surface area contributed by atoms with Crippen molar-refractivity contribution in [3.05, 3.63) is 64.5 Å². The minimum absolute atomic E-state index is 0.00836. The molecular weight excluding hydrogens is 289 g/mol. The van der Waals surface area contributed by atoms with Crippen LogP contribution in [0.15, 0.2) is 41.3 Å². The Morgan fingerprint density at radius 1 is 1.14 bits per heavy atom. The van der Waals surface area contributed by atoms with Crippen LogP contribution in [-0.2, 0) is 15.6 Å². The van der Waals surface area contributed by atoms with Crippen LogP contribution in [0.1, 0.15) is 22.3 Å². The van der Waals surface area contributed by atoms with E-state index in [0.29, 0.717) is 5.56 Å². The minimum Gasteiger partial charge on any atom is -0.223 e. The quantitative estimate of drug-likeness (QED) is 0.874. The van der Waals surface area contributed by atoms with Crippen molar-refractivity contribution in [3.63, 3.8) is 0 Å². The number of nitrogens with zero attached hydrogens (tertiary/aromatic N) is 1. The lowest BCUT2D eigenvalue weighted by Crippen LogP contribution is -2.08. The second-order valence-corrected chi connectivity index (χ2v) is 6.90. The van der Waals surface area contributed by atoms with Crippen molar-refractivity contribution >= 4 is 9.84 Å². The molecular formula is C16H14FNO2S. The molecule has 5 heteroatoms. The summed E-state index contributed by atoms with van der Waals surface area (Å²) in [6.45, 7) is 3.58. The van der Waals surface area contributed by atoms with Gasteiger partial charge in [-0.15, -0.1) is 0 Å². The van der Waals surface area contributed by atoms with Gasteiger partial charge >= 0.3 is 0 Å². The van der Waals surface area contributed by atoms with Crippen molar-refractivity contribution in [2.45, 2.75) is 24.5 Å². The molecule has 0 saturated heterocycles. The van der Waals surface area contributed by atoms with E-state index in [-0.39, 0.29) is 16.0 Å². The topological polar surface area (TPSA) is 57.9 Å². The first-order valence-electron chi connectivity index (χ1n) is 6.32. The molecule has 0 unspecified atom stereocenters. The van der Waals surface area contributed by atoms with Crippen LogP contribution < -0.4 is 0 Å². The third-order valence-electron chi connectivity index (χ3n) is 3.19. The third kappa shape index (κ3) is 3.29. The van der Waals surface area contributed by atoms with Crippen molar-refractivity contribution in [1.29, 1.82) is 5.26 Å². The van der Waals surface area contributed by atoms with Crippen LogP contribution in [-0.4, -0.2) is 8.42 Å². The molecule has 0 radical (unpaired) electrons. The van der Waals surface area contributed by atoms with Crippen molar-refractivity contribution in [3.8, 4) is 6.07 Å². The van der Waals surface area contributed by atoms with Crippen LogP contribution >= 0.6 is 0 Å². The molecule has 0 spiro atoms. The second kappa shape index (κ2) is 5.66. The molecule has 3 nitrogen and oxygen atoms in total. The summed E-state index contributed by atoms with van der Waals surface area (Å²) < 4.78 is 38.6. The fraction of sp³-hybridized carbons (Fsp3) is 0.188. The standard InChI is InChI=1S/C16H14FNO2S/c1-11-3-6-16(12(2)7-11)21(19,20)10-14-8-13(9-18)4-5-15(14)17/h3-8H,10H2,1-2H3. The van der Waals surface area contributed by atoms with Crippen LogP contribution in [0.3, 0.4) is 0 Å². The highest BCUT2D eigenvalue weighted by molar-refractivity contribution is 7.90. The monoisotopic (exact) mass is 303 g/mol. The van der Waals surface area contributed by atoms with E-state index in [4.69, 9.17) is 5.26 Å². The first-order chi connectivity index (χ1) is 9.83. The lowest BCUT2D eigenvalue weighted by Gasteiger charge is -2.09. The van der Waals surface area contributed by atoms with Crippen LogP contribution in [0, 0.1) is 31.0 Å².